The first kappa shape index (κ1) is 14.4. The van der Waals surface area contributed by atoms with E-state index >= 15 is 0 Å². The van der Waals surface area contributed by atoms with Crippen molar-refractivity contribution in [2.75, 3.05) is 4.90 Å². The van der Waals surface area contributed by atoms with Gasteiger partial charge in [-0.1, -0.05) is 0 Å². The molecule has 0 radical (unpaired) electrons. The fourth-order valence-corrected chi connectivity index (χ4v) is 2.78. The van der Waals surface area contributed by atoms with Crippen molar-refractivity contribution in [3.8, 4) is 0 Å². The van der Waals surface area contributed by atoms with Crippen LogP contribution >= 0.6 is 11.3 Å². The third-order valence-corrected chi connectivity index (χ3v) is 3.96. The van der Waals surface area contributed by atoms with Crippen molar-refractivity contribution in [2.24, 2.45) is 0 Å². The Bertz CT molecular complexity index is 742. The van der Waals surface area contributed by atoms with Gasteiger partial charge in [0.05, 0.1) is 6.54 Å². The summed E-state index contributed by atoms with van der Waals surface area (Å²) in [5.74, 6) is -0.526. The predicted molar refractivity (Wildman–Crippen MR) is 85.5 cm³/mol. The van der Waals surface area contributed by atoms with Crippen molar-refractivity contribution in [1.82, 2.24) is 4.98 Å². The SMILES string of the molecule is O=C(c1ccc(F)cc1)N(Cc1ccsc1)c1ccncc1. The summed E-state index contributed by atoms with van der Waals surface area (Å²) in [5.41, 5.74) is 2.27. The zero-order chi connectivity index (χ0) is 15.4. The standard InChI is InChI=1S/C17H13FN2OS/c18-15-3-1-14(2-4-15)17(21)20(11-13-7-10-22-12-13)16-5-8-19-9-6-16/h1-10,12H,11H2. The highest BCUT2D eigenvalue weighted by molar-refractivity contribution is 7.07. The third-order valence-electron chi connectivity index (χ3n) is 3.23. The van der Waals surface area contributed by atoms with Gasteiger partial charge in [-0.2, -0.15) is 11.3 Å². The molecule has 110 valence electrons. The Labute approximate surface area is 131 Å². The predicted octanol–water partition coefficient (Wildman–Crippen LogP) is 4.13. The first-order chi connectivity index (χ1) is 10.7. The van der Waals surface area contributed by atoms with Crippen LogP contribution in [0.4, 0.5) is 10.1 Å². The van der Waals surface area contributed by atoms with E-state index in [9.17, 15) is 9.18 Å². The van der Waals surface area contributed by atoms with Crippen LogP contribution in [0.25, 0.3) is 0 Å². The maximum atomic E-state index is 13.0. The van der Waals surface area contributed by atoms with Crippen LogP contribution in [0.1, 0.15) is 15.9 Å². The molecule has 0 saturated carbocycles. The molecule has 22 heavy (non-hydrogen) atoms. The Morgan fingerprint density at radius 2 is 1.82 bits per heavy atom. The number of benzene rings is 1. The lowest BCUT2D eigenvalue weighted by molar-refractivity contribution is 0.0985. The monoisotopic (exact) mass is 312 g/mol. The normalized spacial score (nSPS) is 10.4. The molecule has 5 heteroatoms. The van der Waals surface area contributed by atoms with Crippen LogP contribution in [0.2, 0.25) is 0 Å². The van der Waals surface area contributed by atoms with Crippen molar-refractivity contribution >= 4 is 22.9 Å². The van der Waals surface area contributed by atoms with E-state index in [1.807, 2.05) is 16.8 Å². The van der Waals surface area contributed by atoms with Gasteiger partial charge in [0.15, 0.2) is 0 Å². The van der Waals surface area contributed by atoms with Gasteiger partial charge >= 0.3 is 0 Å². The molecule has 0 aliphatic carbocycles. The van der Waals surface area contributed by atoms with Crippen LogP contribution in [0.15, 0.2) is 65.6 Å². The Balaban J connectivity index is 1.94. The largest absolute Gasteiger partial charge is 0.304 e. The second-order valence-corrected chi connectivity index (χ2v) is 5.52. The number of anilines is 1. The number of hydrogen-bond donors (Lipinski definition) is 0. The molecule has 0 atom stereocenters. The van der Waals surface area contributed by atoms with Crippen LogP contribution < -0.4 is 4.90 Å². The van der Waals surface area contributed by atoms with E-state index in [0.29, 0.717) is 12.1 Å². The van der Waals surface area contributed by atoms with Crippen LogP contribution in [0, 0.1) is 5.82 Å². The lowest BCUT2D eigenvalue weighted by Gasteiger charge is -2.22. The molecule has 0 N–H and O–H groups in total. The van der Waals surface area contributed by atoms with E-state index in [2.05, 4.69) is 4.98 Å². The van der Waals surface area contributed by atoms with Crippen molar-refractivity contribution in [3.63, 3.8) is 0 Å². The second kappa shape index (κ2) is 6.49. The number of pyridine rings is 1. The minimum Gasteiger partial charge on any atom is -0.304 e. The minimum absolute atomic E-state index is 0.169. The Morgan fingerprint density at radius 3 is 2.45 bits per heavy atom. The number of aromatic nitrogens is 1. The van der Waals surface area contributed by atoms with Crippen LogP contribution in [0.3, 0.4) is 0 Å². The van der Waals surface area contributed by atoms with Gasteiger partial charge in [0, 0.05) is 23.6 Å². The van der Waals surface area contributed by atoms with Gasteiger partial charge in [-0.15, -0.1) is 0 Å². The van der Waals surface area contributed by atoms with Gasteiger partial charge in [0.2, 0.25) is 0 Å². The van der Waals surface area contributed by atoms with Crippen LogP contribution in [-0.4, -0.2) is 10.9 Å². The number of amides is 1. The van der Waals surface area contributed by atoms with Crippen molar-refractivity contribution in [3.05, 3.63) is 82.6 Å². The zero-order valence-electron chi connectivity index (χ0n) is 11.6. The summed E-state index contributed by atoms with van der Waals surface area (Å²) in [7, 11) is 0. The Kier molecular flexibility index (Phi) is 4.25. The lowest BCUT2D eigenvalue weighted by Crippen LogP contribution is -2.30. The number of hydrogen-bond acceptors (Lipinski definition) is 3. The summed E-state index contributed by atoms with van der Waals surface area (Å²) >= 11 is 1.59. The van der Waals surface area contributed by atoms with Gasteiger partial charge in [-0.05, 0) is 58.8 Å². The molecular weight excluding hydrogens is 299 g/mol. The molecule has 0 bridgehead atoms. The molecule has 2 heterocycles. The zero-order valence-corrected chi connectivity index (χ0v) is 12.5. The number of carbonyl (C=O) groups is 1. The lowest BCUT2D eigenvalue weighted by atomic mass is 10.1. The third kappa shape index (κ3) is 3.20. The molecule has 1 aromatic carbocycles. The number of carbonyl (C=O) groups excluding carboxylic acids is 1. The summed E-state index contributed by atoms with van der Waals surface area (Å²) < 4.78 is 13.0. The number of rotatable bonds is 4. The molecular formula is C17H13FN2OS. The van der Waals surface area contributed by atoms with Crippen molar-refractivity contribution in [2.45, 2.75) is 6.54 Å². The first-order valence-electron chi connectivity index (χ1n) is 6.72. The van der Waals surface area contributed by atoms with Crippen molar-refractivity contribution < 1.29 is 9.18 Å². The molecule has 1 amide bonds. The summed E-state index contributed by atoms with van der Waals surface area (Å²) in [6.07, 6.45) is 3.29. The van der Waals surface area contributed by atoms with E-state index in [0.717, 1.165) is 11.3 Å². The number of thiophene rings is 1. The maximum Gasteiger partial charge on any atom is 0.258 e. The van der Waals surface area contributed by atoms with Gasteiger partial charge in [-0.3, -0.25) is 9.78 Å². The molecule has 0 aliphatic rings. The highest BCUT2D eigenvalue weighted by Gasteiger charge is 2.18. The Morgan fingerprint density at radius 1 is 1.09 bits per heavy atom. The van der Waals surface area contributed by atoms with E-state index in [1.54, 1.807) is 40.8 Å². The summed E-state index contributed by atoms with van der Waals surface area (Å²) in [6, 6.07) is 11.1. The van der Waals surface area contributed by atoms with E-state index in [1.165, 1.54) is 24.3 Å². The fourth-order valence-electron chi connectivity index (χ4n) is 2.12. The maximum absolute atomic E-state index is 13.0. The first-order valence-corrected chi connectivity index (χ1v) is 7.67. The van der Waals surface area contributed by atoms with Crippen LogP contribution in [0.5, 0.6) is 0 Å². The highest BCUT2D eigenvalue weighted by Crippen LogP contribution is 2.20. The van der Waals surface area contributed by atoms with Gasteiger partial charge in [-0.25, -0.2) is 4.39 Å². The summed E-state index contributed by atoms with van der Waals surface area (Å²) in [5, 5.41) is 3.98. The molecule has 3 aromatic rings. The quantitative estimate of drug-likeness (QED) is 0.726. The van der Waals surface area contributed by atoms with Gasteiger partial charge < -0.3 is 4.90 Å². The van der Waals surface area contributed by atoms with E-state index < -0.39 is 0 Å². The Hall–Kier alpha value is -2.53. The molecule has 2 aromatic heterocycles. The molecule has 3 rings (SSSR count). The van der Waals surface area contributed by atoms with Gasteiger partial charge in [0.25, 0.3) is 5.91 Å². The minimum atomic E-state index is -0.357. The highest BCUT2D eigenvalue weighted by atomic mass is 32.1. The average molecular weight is 312 g/mol. The average Bonchev–Trinajstić information content (AvgIpc) is 3.07. The molecule has 0 spiro atoms. The molecule has 0 aliphatic heterocycles. The number of nitrogens with zero attached hydrogens (tertiary/aromatic N) is 2. The summed E-state index contributed by atoms with van der Waals surface area (Å²) in [6.45, 7) is 0.462. The molecule has 0 unspecified atom stereocenters. The molecule has 3 nitrogen and oxygen atoms in total. The van der Waals surface area contributed by atoms with E-state index in [4.69, 9.17) is 0 Å². The smallest absolute Gasteiger partial charge is 0.258 e. The summed E-state index contributed by atoms with van der Waals surface area (Å²) in [4.78, 5) is 18.4. The van der Waals surface area contributed by atoms with E-state index in [-0.39, 0.29) is 11.7 Å². The van der Waals surface area contributed by atoms with Gasteiger partial charge in [0.1, 0.15) is 5.82 Å². The molecule has 0 saturated heterocycles. The van der Waals surface area contributed by atoms with Crippen LogP contribution in [-0.2, 0) is 6.54 Å². The number of halogens is 1. The van der Waals surface area contributed by atoms with Crippen molar-refractivity contribution in [1.29, 1.82) is 0 Å². The fraction of sp³-hybridized carbons (Fsp3) is 0.0588. The topological polar surface area (TPSA) is 33.2 Å². The second-order valence-electron chi connectivity index (χ2n) is 4.74. The molecule has 0 fully saturated rings.